The van der Waals surface area contributed by atoms with Gasteiger partial charge < -0.3 is 15.0 Å². The summed E-state index contributed by atoms with van der Waals surface area (Å²) in [6, 6.07) is 9.01. The highest BCUT2D eigenvalue weighted by Crippen LogP contribution is 2.24. The molecule has 1 saturated carbocycles. The van der Waals surface area contributed by atoms with E-state index in [1.54, 1.807) is 0 Å². The molecule has 106 valence electrons. The molecule has 3 nitrogen and oxygen atoms in total. The lowest BCUT2D eigenvalue weighted by Crippen LogP contribution is -2.35. The van der Waals surface area contributed by atoms with E-state index in [0.717, 1.165) is 24.9 Å². The minimum absolute atomic E-state index is 0.163. The van der Waals surface area contributed by atoms with Crippen molar-refractivity contribution in [3.63, 3.8) is 0 Å². The van der Waals surface area contributed by atoms with Crippen LogP contribution in [0.5, 0.6) is 5.75 Å². The molecule has 0 radical (unpaired) electrons. The van der Waals surface area contributed by atoms with Crippen molar-refractivity contribution >= 4 is 5.69 Å². The van der Waals surface area contributed by atoms with Crippen molar-refractivity contribution in [2.24, 2.45) is 5.41 Å². The lowest BCUT2D eigenvalue weighted by molar-refractivity contribution is 0.176. The van der Waals surface area contributed by atoms with Crippen LogP contribution < -0.4 is 15.0 Å². The van der Waals surface area contributed by atoms with Gasteiger partial charge in [0.2, 0.25) is 0 Å². The Labute approximate surface area is 116 Å². The second-order valence-corrected chi connectivity index (χ2v) is 6.50. The number of hydrogen-bond acceptors (Lipinski definition) is 3. The van der Waals surface area contributed by atoms with Crippen LogP contribution in [0.25, 0.3) is 0 Å². The monoisotopic (exact) mass is 262 g/mol. The van der Waals surface area contributed by atoms with Crippen LogP contribution in [0.1, 0.15) is 26.7 Å². The highest BCUT2D eigenvalue weighted by Gasteiger charge is 2.25. The molecular formula is C16H26N2O. The minimum Gasteiger partial charge on any atom is -0.493 e. The van der Waals surface area contributed by atoms with Crippen molar-refractivity contribution < 1.29 is 4.74 Å². The van der Waals surface area contributed by atoms with E-state index in [2.05, 4.69) is 36.2 Å². The van der Waals surface area contributed by atoms with Crippen LogP contribution in [0.3, 0.4) is 0 Å². The lowest BCUT2D eigenvalue weighted by Gasteiger charge is -2.25. The highest BCUT2D eigenvalue weighted by atomic mass is 16.5. The lowest BCUT2D eigenvalue weighted by atomic mass is 9.95. The van der Waals surface area contributed by atoms with E-state index in [1.165, 1.54) is 18.5 Å². The van der Waals surface area contributed by atoms with Gasteiger partial charge in [-0.15, -0.1) is 0 Å². The van der Waals surface area contributed by atoms with Gasteiger partial charge >= 0.3 is 0 Å². The summed E-state index contributed by atoms with van der Waals surface area (Å²) >= 11 is 0. The number of rotatable bonds is 7. The summed E-state index contributed by atoms with van der Waals surface area (Å²) in [5.41, 5.74) is 1.34. The fourth-order valence-corrected chi connectivity index (χ4v) is 1.89. The van der Waals surface area contributed by atoms with Crippen molar-refractivity contribution in [3.05, 3.63) is 24.3 Å². The first-order valence-corrected chi connectivity index (χ1v) is 7.10. The Bertz CT molecular complexity index is 411. The van der Waals surface area contributed by atoms with Gasteiger partial charge in [0.05, 0.1) is 6.61 Å². The standard InChI is InChI=1S/C16H26N2O/c1-16(2,11-17-13-8-9-13)12-19-15-7-5-6-14(10-15)18(3)4/h5-7,10,13,17H,8-9,11-12H2,1-4H3. The molecule has 0 saturated heterocycles. The first-order valence-electron chi connectivity index (χ1n) is 7.10. The van der Waals surface area contributed by atoms with Gasteiger partial charge in [0, 0.05) is 43.9 Å². The van der Waals surface area contributed by atoms with Crippen molar-refractivity contribution in [1.29, 1.82) is 0 Å². The second kappa shape index (κ2) is 5.83. The Balaban J connectivity index is 1.84. The molecule has 0 aliphatic heterocycles. The number of benzene rings is 1. The van der Waals surface area contributed by atoms with E-state index in [-0.39, 0.29) is 5.41 Å². The molecule has 0 spiro atoms. The molecular weight excluding hydrogens is 236 g/mol. The number of anilines is 1. The van der Waals surface area contributed by atoms with E-state index in [1.807, 2.05) is 26.2 Å². The zero-order chi connectivity index (χ0) is 13.9. The van der Waals surface area contributed by atoms with Gasteiger partial charge in [-0.05, 0) is 25.0 Å². The van der Waals surface area contributed by atoms with Crippen molar-refractivity contribution in [2.75, 3.05) is 32.1 Å². The third-order valence-corrected chi connectivity index (χ3v) is 3.41. The molecule has 1 aliphatic rings. The summed E-state index contributed by atoms with van der Waals surface area (Å²) < 4.78 is 5.95. The van der Waals surface area contributed by atoms with E-state index < -0.39 is 0 Å². The average molecular weight is 262 g/mol. The molecule has 1 N–H and O–H groups in total. The first kappa shape index (κ1) is 14.2. The van der Waals surface area contributed by atoms with E-state index in [4.69, 9.17) is 4.74 Å². The highest BCUT2D eigenvalue weighted by molar-refractivity contribution is 5.49. The van der Waals surface area contributed by atoms with E-state index >= 15 is 0 Å². The summed E-state index contributed by atoms with van der Waals surface area (Å²) in [7, 11) is 4.09. The number of hydrogen-bond donors (Lipinski definition) is 1. The maximum absolute atomic E-state index is 5.95. The Morgan fingerprint density at radius 3 is 2.68 bits per heavy atom. The Hall–Kier alpha value is -1.22. The molecule has 0 unspecified atom stereocenters. The topological polar surface area (TPSA) is 24.5 Å². The van der Waals surface area contributed by atoms with Crippen LogP contribution in [0.4, 0.5) is 5.69 Å². The minimum atomic E-state index is 0.163. The molecule has 0 aromatic heterocycles. The largest absolute Gasteiger partial charge is 0.493 e. The summed E-state index contributed by atoms with van der Waals surface area (Å²) in [6.45, 7) is 6.25. The summed E-state index contributed by atoms with van der Waals surface area (Å²) in [4.78, 5) is 2.09. The number of nitrogens with one attached hydrogen (secondary N) is 1. The molecule has 0 heterocycles. The van der Waals surface area contributed by atoms with Crippen molar-refractivity contribution in [1.82, 2.24) is 5.32 Å². The maximum atomic E-state index is 5.95. The molecule has 1 aromatic carbocycles. The van der Waals surface area contributed by atoms with Gasteiger partial charge in [-0.2, -0.15) is 0 Å². The van der Waals surface area contributed by atoms with Gasteiger partial charge in [-0.3, -0.25) is 0 Å². The van der Waals surface area contributed by atoms with E-state index in [9.17, 15) is 0 Å². The normalized spacial score (nSPS) is 15.4. The maximum Gasteiger partial charge on any atom is 0.121 e. The van der Waals surface area contributed by atoms with Gasteiger partial charge in [0.1, 0.15) is 5.75 Å². The first-order chi connectivity index (χ1) is 8.96. The zero-order valence-electron chi connectivity index (χ0n) is 12.6. The predicted octanol–water partition coefficient (Wildman–Crippen LogP) is 2.91. The Morgan fingerprint density at radius 2 is 2.05 bits per heavy atom. The SMILES string of the molecule is CN(C)c1cccc(OCC(C)(C)CNC2CC2)c1. The second-order valence-electron chi connectivity index (χ2n) is 6.50. The quantitative estimate of drug-likeness (QED) is 0.817. The van der Waals surface area contributed by atoms with Crippen LogP contribution in [0.2, 0.25) is 0 Å². The molecule has 0 amide bonds. The molecule has 1 aliphatic carbocycles. The van der Waals surface area contributed by atoms with E-state index in [0.29, 0.717) is 0 Å². The molecule has 19 heavy (non-hydrogen) atoms. The van der Waals surface area contributed by atoms with Crippen LogP contribution in [-0.2, 0) is 0 Å². The Morgan fingerprint density at radius 1 is 1.32 bits per heavy atom. The van der Waals surface area contributed by atoms with Gasteiger partial charge in [0.15, 0.2) is 0 Å². The molecule has 0 bridgehead atoms. The predicted molar refractivity (Wildman–Crippen MR) is 81.1 cm³/mol. The smallest absolute Gasteiger partial charge is 0.121 e. The van der Waals surface area contributed by atoms with Gasteiger partial charge in [-0.25, -0.2) is 0 Å². The molecule has 3 heteroatoms. The summed E-state index contributed by atoms with van der Waals surface area (Å²) in [6.07, 6.45) is 2.67. The zero-order valence-corrected chi connectivity index (χ0v) is 12.6. The molecule has 2 rings (SSSR count). The Kier molecular flexibility index (Phi) is 4.35. The van der Waals surface area contributed by atoms with Crippen LogP contribution in [0, 0.1) is 5.41 Å². The number of ether oxygens (including phenoxy) is 1. The molecule has 1 aromatic rings. The van der Waals surface area contributed by atoms with Crippen LogP contribution >= 0.6 is 0 Å². The van der Waals surface area contributed by atoms with Gasteiger partial charge in [0.25, 0.3) is 0 Å². The third kappa shape index (κ3) is 4.75. The van der Waals surface area contributed by atoms with Crippen molar-refractivity contribution in [2.45, 2.75) is 32.7 Å². The van der Waals surface area contributed by atoms with Crippen molar-refractivity contribution in [3.8, 4) is 5.75 Å². The number of nitrogens with zero attached hydrogens (tertiary/aromatic N) is 1. The van der Waals surface area contributed by atoms with Crippen LogP contribution in [-0.4, -0.2) is 33.3 Å². The summed E-state index contributed by atoms with van der Waals surface area (Å²) in [5.74, 6) is 0.950. The average Bonchev–Trinajstić information content (AvgIpc) is 3.19. The molecule has 1 fully saturated rings. The third-order valence-electron chi connectivity index (χ3n) is 3.41. The fourth-order valence-electron chi connectivity index (χ4n) is 1.89. The summed E-state index contributed by atoms with van der Waals surface area (Å²) in [5, 5.41) is 3.57. The molecule has 0 atom stereocenters. The fraction of sp³-hybridized carbons (Fsp3) is 0.625. The van der Waals surface area contributed by atoms with Gasteiger partial charge in [-0.1, -0.05) is 19.9 Å². The van der Waals surface area contributed by atoms with Crippen LogP contribution in [0.15, 0.2) is 24.3 Å².